The Morgan fingerprint density at radius 3 is 2.71 bits per heavy atom. The minimum Gasteiger partial charge on any atom is -0.389 e. The Balaban J connectivity index is 2.37. The molecule has 1 atom stereocenters. The van der Waals surface area contributed by atoms with Crippen LogP contribution in [0.15, 0.2) is 42.6 Å². The van der Waals surface area contributed by atoms with Crippen LogP contribution in [0.2, 0.25) is 5.02 Å². The summed E-state index contributed by atoms with van der Waals surface area (Å²) in [5.74, 6) is 0. The quantitative estimate of drug-likeness (QED) is 0.766. The number of para-hydroxylation sites is 1. The smallest absolute Gasteiger partial charge is 0.0895 e. The molecule has 0 spiro atoms. The van der Waals surface area contributed by atoms with E-state index in [0.717, 1.165) is 33.4 Å². The summed E-state index contributed by atoms with van der Waals surface area (Å²) >= 11 is 6.25. The second kappa shape index (κ2) is 5.43. The molecule has 0 aliphatic carbocycles. The van der Waals surface area contributed by atoms with Gasteiger partial charge in [-0.3, -0.25) is 4.98 Å². The molecule has 0 radical (unpaired) electrons. The molecule has 2 aromatic heterocycles. The molecule has 3 rings (SSSR count). The number of aliphatic hydroxyl groups is 1. The van der Waals surface area contributed by atoms with Crippen molar-refractivity contribution in [2.24, 2.45) is 0 Å². The van der Waals surface area contributed by atoms with E-state index in [-0.39, 0.29) is 0 Å². The number of hydrogen-bond acceptors (Lipinski definition) is 3. The van der Waals surface area contributed by atoms with Gasteiger partial charge in [-0.05, 0) is 38.1 Å². The Morgan fingerprint density at radius 2 is 2.00 bits per heavy atom. The zero-order valence-electron chi connectivity index (χ0n) is 11.8. The molecule has 0 aliphatic heterocycles. The molecular weight excluding hydrogens is 284 g/mol. The summed E-state index contributed by atoms with van der Waals surface area (Å²) in [6.45, 7) is 3.67. The molecule has 0 saturated carbocycles. The summed E-state index contributed by atoms with van der Waals surface area (Å²) in [6.07, 6.45) is 1.13. The molecule has 0 bridgehead atoms. The number of rotatable bonds is 2. The van der Waals surface area contributed by atoms with Crippen LogP contribution in [-0.4, -0.2) is 15.1 Å². The van der Waals surface area contributed by atoms with Gasteiger partial charge >= 0.3 is 0 Å². The topological polar surface area (TPSA) is 46.0 Å². The molecule has 106 valence electrons. The normalized spacial score (nSPS) is 12.6. The highest BCUT2D eigenvalue weighted by Gasteiger charge is 2.16. The third kappa shape index (κ3) is 2.50. The first-order chi connectivity index (χ1) is 10.1. The highest BCUT2D eigenvalue weighted by molar-refractivity contribution is 6.35. The van der Waals surface area contributed by atoms with E-state index in [1.807, 2.05) is 43.3 Å². The first-order valence-corrected chi connectivity index (χ1v) is 7.15. The van der Waals surface area contributed by atoms with E-state index in [2.05, 4.69) is 4.98 Å². The maximum absolute atomic E-state index is 10.1. The molecule has 1 unspecified atom stereocenters. The zero-order valence-corrected chi connectivity index (χ0v) is 12.6. The molecule has 3 nitrogen and oxygen atoms in total. The summed E-state index contributed by atoms with van der Waals surface area (Å²) in [5, 5.41) is 11.6. The molecule has 4 heteroatoms. The Hall–Kier alpha value is -1.97. The van der Waals surface area contributed by atoms with Crippen LogP contribution < -0.4 is 0 Å². The number of aliphatic hydroxyl groups excluding tert-OH is 1. The van der Waals surface area contributed by atoms with Crippen molar-refractivity contribution in [1.29, 1.82) is 0 Å². The third-order valence-electron chi connectivity index (χ3n) is 3.54. The van der Waals surface area contributed by atoms with E-state index in [0.29, 0.717) is 5.02 Å². The number of benzene rings is 1. The monoisotopic (exact) mass is 298 g/mol. The lowest BCUT2D eigenvalue weighted by Gasteiger charge is -2.14. The summed E-state index contributed by atoms with van der Waals surface area (Å²) in [6, 6.07) is 11.4. The lowest BCUT2D eigenvalue weighted by molar-refractivity contribution is 0.199. The summed E-state index contributed by atoms with van der Waals surface area (Å²) in [5.41, 5.74) is 4.03. The van der Waals surface area contributed by atoms with Gasteiger partial charge in [-0.1, -0.05) is 23.7 Å². The van der Waals surface area contributed by atoms with Crippen LogP contribution >= 0.6 is 11.6 Å². The molecule has 3 aromatic rings. The molecule has 0 saturated heterocycles. The van der Waals surface area contributed by atoms with Crippen LogP contribution in [0.25, 0.3) is 22.2 Å². The number of hydrogen-bond donors (Lipinski definition) is 1. The average molecular weight is 299 g/mol. The molecule has 1 N–H and O–H groups in total. The van der Waals surface area contributed by atoms with E-state index in [9.17, 15) is 5.11 Å². The van der Waals surface area contributed by atoms with E-state index in [1.54, 1.807) is 13.1 Å². The first-order valence-electron chi connectivity index (χ1n) is 6.77. The minimum absolute atomic E-state index is 0.604. The lowest BCUT2D eigenvalue weighted by atomic mass is 9.99. The van der Waals surface area contributed by atoms with Gasteiger partial charge < -0.3 is 5.11 Å². The second-order valence-corrected chi connectivity index (χ2v) is 5.46. The van der Waals surface area contributed by atoms with Gasteiger partial charge in [0.15, 0.2) is 0 Å². The van der Waals surface area contributed by atoms with Crippen molar-refractivity contribution in [2.45, 2.75) is 20.0 Å². The lowest BCUT2D eigenvalue weighted by Crippen LogP contribution is -2.00. The molecule has 0 amide bonds. The van der Waals surface area contributed by atoms with Gasteiger partial charge in [-0.2, -0.15) is 0 Å². The predicted molar refractivity (Wildman–Crippen MR) is 85.4 cm³/mol. The second-order valence-electron chi connectivity index (χ2n) is 5.05. The highest BCUT2D eigenvalue weighted by atomic mass is 35.5. The fourth-order valence-corrected chi connectivity index (χ4v) is 2.67. The molecule has 2 heterocycles. The van der Waals surface area contributed by atoms with E-state index < -0.39 is 6.10 Å². The van der Waals surface area contributed by atoms with Crippen LogP contribution in [0.4, 0.5) is 0 Å². The first kappa shape index (κ1) is 14.0. The van der Waals surface area contributed by atoms with Crippen molar-refractivity contribution in [1.82, 2.24) is 9.97 Å². The summed E-state index contributed by atoms with van der Waals surface area (Å²) < 4.78 is 0. The Kier molecular flexibility index (Phi) is 3.62. The number of aryl methyl sites for hydroxylation is 1. The summed E-state index contributed by atoms with van der Waals surface area (Å²) in [4.78, 5) is 9.00. The van der Waals surface area contributed by atoms with Crippen LogP contribution in [0, 0.1) is 6.92 Å². The van der Waals surface area contributed by atoms with Gasteiger partial charge in [0.25, 0.3) is 0 Å². The number of pyridine rings is 2. The SMILES string of the molecule is Cc1ncccc1-c1nc2c(Cl)cccc2cc1C(C)O. The molecule has 1 aromatic carbocycles. The Morgan fingerprint density at radius 1 is 1.19 bits per heavy atom. The van der Waals surface area contributed by atoms with Gasteiger partial charge in [0, 0.05) is 28.4 Å². The average Bonchev–Trinajstić information content (AvgIpc) is 2.47. The number of aromatic nitrogens is 2. The molecule has 21 heavy (non-hydrogen) atoms. The standard InChI is InChI=1S/C17H15ClN2O/c1-10-13(6-4-8-19-10)17-14(11(2)21)9-12-5-3-7-15(18)16(12)20-17/h3-9,11,21H,1-2H3. The maximum Gasteiger partial charge on any atom is 0.0895 e. The molecular formula is C17H15ClN2O. The van der Waals surface area contributed by atoms with Gasteiger partial charge in [-0.15, -0.1) is 0 Å². The van der Waals surface area contributed by atoms with Crippen LogP contribution in [-0.2, 0) is 0 Å². The number of halogens is 1. The molecule has 0 aliphatic rings. The number of fused-ring (bicyclic) bond motifs is 1. The zero-order chi connectivity index (χ0) is 15.0. The van der Waals surface area contributed by atoms with Crippen LogP contribution in [0.3, 0.4) is 0 Å². The van der Waals surface area contributed by atoms with Gasteiger partial charge in [0.05, 0.1) is 22.3 Å². The Labute approximate surface area is 128 Å². The fourth-order valence-electron chi connectivity index (χ4n) is 2.45. The molecule has 0 fully saturated rings. The Bertz CT molecular complexity index is 815. The van der Waals surface area contributed by atoms with Crippen molar-refractivity contribution in [2.75, 3.05) is 0 Å². The van der Waals surface area contributed by atoms with Gasteiger partial charge in [0.1, 0.15) is 0 Å². The van der Waals surface area contributed by atoms with E-state index in [4.69, 9.17) is 16.6 Å². The number of nitrogens with zero attached hydrogens (tertiary/aromatic N) is 2. The van der Waals surface area contributed by atoms with Crippen LogP contribution in [0.1, 0.15) is 24.3 Å². The van der Waals surface area contributed by atoms with Crippen molar-refractivity contribution >= 4 is 22.5 Å². The minimum atomic E-state index is -0.615. The van der Waals surface area contributed by atoms with Crippen molar-refractivity contribution < 1.29 is 5.11 Å². The summed E-state index contributed by atoms with van der Waals surface area (Å²) in [7, 11) is 0. The predicted octanol–water partition coefficient (Wildman–Crippen LogP) is 4.31. The van der Waals surface area contributed by atoms with Crippen LogP contribution in [0.5, 0.6) is 0 Å². The van der Waals surface area contributed by atoms with E-state index >= 15 is 0 Å². The van der Waals surface area contributed by atoms with Crippen molar-refractivity contribution in [3.05, 3.63) is 58.9 Å². The van der Waals surface area contributed by atoms with Gasteiger partial charge in [-0.25, -0.2) is 4.98 Å². The van der Waals surface area contributed by atoms with Gasteiger partial charge in [0.2, 0.25) is 0 Å². The fraction of sp³-hybridized carbons (Fsp3) is 0.176. The third-order valence-corrected chi connectivity index (χ3v) is 3.84. The maximum atomic E-state index is 10.1. The van der Waals surface area contributed by atoms with E-state index in [1.165, 1.54) is 0 Å². The highest BCUT2D eigenvalue weighted by Crippen LogP contribution is 2.33. The van der Waals surface area contributed by atoms with Crippen molar-refractivity contribution in [3.63, 3.8) is 0 Å². The van der Waals surface area contributed by atoms with Crippen molar-refractivity contribution in [3.8, 4) is 11.3 Å². The largest absolute Gasteiger partial charge is 0.389 e.